The lowest BCUT2D eigenvalue weighted by Gasteiger charge is -2.13. The van der Waals surface area contributed by atoms with Crippen molar-refractivity contribution < 1.29 is 17.6 Å². The van der Waals surface area contributed by atoms with Crippen LogP contribution in [0.2, 0.25) is 0 Å². The number of sulfone groups is 1. The largest absolute Gasteiger partial charge is 0.338 e. The van der Waals surface area contributed by atoms with E-state index in [0.717, 1.165) is 5.56 Å². The van der Waals surface area contributed by atoms with Gasteiger partial charge in [0.15, 0.2) is 9.84 Å². The number of halogens is 1. The first-order chi connectivity index (χ1) is 11.5. The maximum Gasteiger partial charge on any atom is 0.315 e. The van der Waals surface area contributed by atoms with Crippen molar-refractivity contribution >= 4 is 15.9 Å². The molecular weight excluding hydrogens is 331 g/mol. The molecule has 0 unspecified atom stereocenters. The zero-order valence-electron chi connectivity index (χ0n) is 12.8. The minimum absolute atomic E-state index is 0.135. The van der Waals surface area contributed by atoms with E-state index in [0.29, 0.717) is 18.5 Å². The third-order valence-corrected chi connectivity index (χ3v) is 5.72. The summed E-state index contributed by atoms with van der Waals surface area (Å²) < 4.78 is 37.2. The Morgan fingerprint density at radius 1 is 1.17 bits per heavy atom. The van der Waals surface area contributed by atoms with Crippen molar-refractivity contribution in [3.63, 3.8) is 0 Å². The quantitative estimate of drug-likeness (QED) is 0.889. The average molecular weight is 348 g/mol. The zero-order chi connectivity index (χ0) is 17.2. The highest BCUT2D eigenvalue weighted by Crippen LogP contribution is 2.32. The molecule has 3 rings (SSSR count). The van der Waals surface area contributed by atoms with Crippen LogP contribution in [0, 0.1) is 5.82 Å². The van der Waals surface area contributed by atoms with E-state index in [1.807, 2.05) is 0 Å². The molecule has 7 heteroatoms. The molecule has 2 aromatic rings. The predicted molar refractivity (Wildman–Crippen MR) is 87.9 cm³/mol. The molecule has 1 heterocycles. The van der Waals surface area contributed by atoms with Crippen LogP contribution >= 0.6 is 0 Å². The van der Waals surface area contributed by atoms with E-state index in [1.54, 1.807) is 36.4 Å². The smallest absolute Gasteiger partial charge is 0.315 e. The number of carbonyl (C=O) groups is 1. The highest BCUT2D eigenvalue weighted by atomic mass is 32.2. The van der Waals surface area contributed by atoms with E-state index in [2.05, 4.69) is 10.6 Å². The Morgan fingerprint density at radius 2 is 1.96 bits per heavy atom. The van der Waals surface area contributed by atoms with Gasteiger partial charge in [0.05, 0.1) is 16.7 Å². The second kappa shape index (κ2) is 6.60. The summed E-state index contributed by atoms with van der Waals surface area (Å²) >= 11 is 0. The lowest BCUT2D eigenvalue weighted by molar-refractivity contribution is 0.238. The van der Waals surface area contributed by atoms with Crippen molar-refractivity contribution in [1.82, 2.24) is 10.6 Å². The van der Waals surface area contributed by atoms with E-state index in [1.165, 1.54) is 12.1 Å². The maximum absolute atomic E-state index is 13.1. The Hall–Kier alpha value is -2.41. The first kappa shape index (κ1) is 16.4. The maximum atomic E-state index is 13.1. The summed E-state index contributed by atoms with van der Waals surface area (Å²) in [4.78, 5) is 12.3. The van der Waals surface area contributed by atoms with Gasteiger partial charge in [0, 0.05) is 6.54 Å². The minimum atomic E-state index is -3.35. The van der Waals surface area contributed by atoms with Crippen molar-refractivity contribution in [2.75, 3.05) is 12.3 Å². The van der Waals surface area contributed by atoms with Gasteiger partial charge in [-0.1, -0.05) is 30.3 Å². The molecule has 2 N–H and O–H groups in total. The van der Waals surface area contributed by atoms with Crippen LogP contribution in [0.5, 0.6) is 0 Å². The second-order valence-corrected chi connectivity index (χ2v) is 7.65. The van der Waals surface area contributed by atoms with E-state index >= 15 is 0 Å². The Labute approximate surface area is 139 Å². The third-order valence-electron chi connectivity index (χ3n) is 3.91. The molecule has 1 aliphatic rings. The Morgan fingerprint density at radius 3 is 2.75 bits per heavy atom. The van der Waals surface area contributed by atoms with E-state index in [4.69, 9.17) is 0 Å². The van der Waals surface area contributed by atoms with Gasteiger partial charge in [0.25, 0.3) is 0 Å². The van der Waals surface area contributed by atoms with Gasteiger partial charge in [-0.25, -0.2) is 17.6 Å². The molecule has 1 atom stereocenters. The van der Waals surface area contributed by atoms with E-state index < -0.39 is 21.9 Å². The summed E-state index contributed by atoms with van der Waals surface area (Å²) in [5.41, 5.74) is 1.39. The Balaban J connectivity index is 1.56. The molecule has 0 saturated heterocycles. The number of urea groups is 1. The van der Waals surface area contributed by atoms with E-state index in [-0.39, 0.29) is 16.5 Å². The van der Waals surface area contributed by atoms with Crippen LogP contribution in [0.15, 0.2) is 53.4 Å². The summed E-state index contributed by atoms with van der Waals surface area (Å²) in [7, 11) is -3.35. The highest BCUT2D eigenvalue weighted by molar-refractivity contribution is 7.91. The number of hydrogen-bond acceptors (Lipinski definition) is 3. The van der Waals surface area contributed by atoms with Gasteiger partial charge < -0.3 is 10.6 Å². The van der Waals surface area contributed by atoms with Crippen molar-refractivity contribution in [1.29, 1.82) is 0 Å². The topological polar surface area (TPSA) is 75.3 Å². The van der Waals surface area contributed by atoms with E-state index in [9.17, 15) is 17.6 Å². The number of carbonyl (C=O) groups excluding carboxylic acids is 1. The molecule has 24 heavy (non-hydrogen) atoms. The molecule has 2 amide bonds. The molecule has 2 aromatic carbocycles. The lowest BCUT2D eigenvalue weighted by Crippen LogP contribution is -2.39. The Bertz CT molecular complexity index is 868. The monoisotopic (exact) mass is 348 g/mol. The fourth-order valence-corrected chi connectivity index (χ4v) is 4.53. The van der Waals surface area contributed by atoms with Crippen LogP contribution in [0.3, 0.4) is 0 Å². The molecule has 0 saturated carbocycles. The number of fused-ring (bicyclic) bond motifs is 1. The first-order valence-electron chi connectivity index (χ1n) is 7.56. The fraction of sp³-hybridized carbons (Fsp3) is 0.235. The molecule has 0 aromatic heterocycles. The van der Waals surface area contributed by atoms with Crippen LogP contribution in [0.1, 0.15) is 17.2 Å². The molecule has 0 radical (unpaired) electrons. The number of amides is 2. The van der Waals surface area contributed by atoms with Crippen molar-refractivity contribution in [3.8, 4) is 0 Å². The average Bonchev–Trinajstić information content (AvgIpc) is 2.79. The summed E-state index contributed by atoms with van der Waals surface area (Å²) in [5.74, 6) is -0.450. The molecule has 0 bridgehead atoms. The molecule has 5 nitrogen and oxygen atoms in total. The van der Waals surface area contributed by atoms with Crippen LogP contribution in [0.25, 0.3) is 0 Å². The van der Waals surface area contributed by atoms with Gasteiger partial charge in [-0.2, -0.15) is 0 Å². The van der Waals surface area contributed by atoms with Gasteiger partial charge in [0.2, 0.25) is 0 Å². The summed E-state index contributed by atoms with van der Waals surface area (Å²) in [5, 5.41) is 5.35. The molecule has 0 aliphatic carbocycles. The highest BCUT2D eigenvalue weighted by Gasteiger charge is 2.35. The third kappa shape index (κ3) is 3.56. The van der Waals surface area contributed by atoms with Crippen LogP contribution < -0.4 is 10.6 Å². The van der Waals surface area contributed by atoms with Gasteiger partial charge >= 0.3 is 6.03 Å². The summed E-state index contributed by atoms with van der Waals surface area (Å²) in [6.07, 6.45) is 0.491. The van der Waals surface area contributed by atoms with Crippen LogP contribution in [0.4, 0.5) is 9.18 Å². The summed E-state index contributed by atoms with van der Waals surface area (Å²) in [6, 6.07) is 11.8. The first-order valence-corrected chi connectivity index (χ1v) is 9.21. The molecular formula is C17H17FN2O3S. The van der Waals surface area contributed by atoms with Gasteiger partial charge in [0.1, 0.15) is 5.82 Å². The van der Waals surface area contributed by atoms with Crippen LogP contribution in [-0.4, -0.2) is 26.7 Å². The zero-order valence-corrected chi connectivity index (χ0v) is 13.6. The number of rotatable bonds is 4. The van der Waals surface area contributed by atoms with Gasteiger partial charge in [-0.05, 0) is 35.7 Å². The summed E-state index contributed by atoms with van der Waals surface area (Å²) in [6.45, 7) is 0.330. The number of benzene rings is 2. The molecule has 126 valence electrons. The standard InChI is InChI=1S/C17H17FN2O3S/c18-13-5-3-4-12(10-13)8-9-19-17(21)20-15-11-24(22,23)16-7-2-1-6-14(15)16/h1-7,10,15H,8-9,11H2,(H2,19,20,21)/t15-/m1/s1. The Kier molecular flexibility index (Phi) is 4.53. The van der Waals surface area contributed by atoms with Gasteiger partial charge in [-0.3, -0.25) is 0 Å². The van der Waals surface area contributed by atoms with Gasteiger partial charge in [-0.15, -0.1) is 0 Å². The minimum Gasteiger partial charge on any atom is -0.338 e. The van der Waals surface area contributed by atoms with Crippen molar-refractivity contribution in [2.24, 2.45) is 0 Å². The molecule has 0 spiro atoms. The SMILES string of the molecule is O=C(NCCc1cccc(F)c1)N[C@@H]1CS(=O)(=O)c2ccccc21. The fourth-order valence-electron chi connectivity index (χ4n) is 2.79. The molecule has 0 fully saturated rings. The normalized spacial score (nSPS) is 18.0. The van der Waals surface area contributed by atoms with Crippen LogP contribution in [-0.2, 0) is 16.3 Å². The number of hydrogen-bond donors (Lipinski definition) is 2. The number of nitrogens with one attached hydrogen (secondary N) is 2. The van der Waals surface area contributed by atoms with Crippen molar-refractivity contribution in [2.45, 2.75) is 17.4 Å². The second-order valence-electron chi connectivity index (χ2n) is 5.65. The van der Waals surface area contributed by atoms with Crippen molar-refractivity contribution in [3.05, 3.63) is 65.5 Å². The lowest BCUT2D eigenvalue weighted by atomic mass is 10.1. The predicted octanol–water partition coefficient (Wildman–Crippen LogP) is 2.20. The molecule has 1 aliphatic heterocycles.